The summed E-state index contributed by atoms with van der Waals surface area (Å²) in [5.41, 5.74) is 1.40. The Morgan fingerprint density at radius 1 is 1.47 bits per heavy atom. The van der Waals surface area contributed by atoms with Gasteiger partial charge in [-0.1, -0.05) is 0 Å². The molecule has 1 aliphatic rings. The fourth-order valence-electron chi connectivity index (χ4n) is 1.66. The second kappa shape index (κ2) is 3.78. The maximum absolute atomic E-state index is 11.3. The van der Waals surface area contributed by atoms with Crippen LogP contribution in [0.1, 0.15) is 0 Å². The number of rotatable bonds is 2. The molecule has 1 heterocycles. The highest BCUT2D eigenvalue weighted by atomic mass is 16.3. The van der Waals surface area contributed by atoms with Crippen molar-refractivity contribution >= 4 is 17.3 Å². The van der Waals surface area contributed by atoms with Crippen LogP contribution in [0.3, 0.4) is 0 Å². The highest BCUT2D eigenvalue weighted by molar-refractivity contribution is 6.01. The molecule has 0 radical (unpaired) electrons. The standard InChI is InChI=1S/C10H12N2O3/c13-4-3-12-6-10(15)11-8-2-1-7(14)5-9(8)12/h1-2,5,13-14H,3-4,6H2,(H,11,15). The first-order valence-electron chi connectivity index (χ1n) is 4.69. The number of phenols is 1. The van der Waals surface area contributed by atoms with Crippen LogP contribution in [0.2, 0.25) is 0 Å². The minimum Gasteiger partial charge on any atom is -0.508 e. The van der Waals surface area contributed by atoms with E-state index in [1.165, 1.54) is 6.07 Å². The second-order valence-corrected chi connectivity index (χ2v) is 3.39. The van der Waals surface area contributed by atoms with Crippen molar-refractivity contribution in [2.24, 2.45) is 0 Å². The molecule has 80 valence electrons. The van der Waals surface area contributed by atoms with Gasteiger partial charge in [0.05, 0.1) is 24.5 Å². The van der Waals surface area contributed by atoms with E-state index < -0.39 is 0 Å². The van der Waals surface area contributed by atoms with Crippen LogP contribution in [0, 0.1) is 0 Å². The van der Waals surface area contributed by atoms with Crippen LogP contribution in [-0.4, -0.2) is 35.8 Å². The van der Waals surface area contributed by atoms with E-state index in [4.69, 9.17) is 5.11 Å². The molecule has 0 spiro atoms. The lowest BCUT2D eigenvalue weighted by atomic mass is 10.2. The van der Waals surface area contributed by atoms with E-state index in [2.05, 4.69) is 5.32 Å². The van der Waals surface area contributed by atoms with Crippen LogP contribution >= 0.6 is 0 Å². The number of carbonyl (C=O) groups is 1. The highest BCUT2D eigenvalue weighted by Crippen LogP contribution is 2.32. The van der Waals surface area contributed by atoms with Crippen molar-refractivity contribution in [3.63, 3.8) is 0 Å². The molecular weight excluding hydrogens is 196 g/mol. The van der Waals surface area contributed by atoms with Crippen LogP contribution < -0.4 is 10.2 Å². The smallest absolute Gasteiger partial charge is 0.243 e. The quantitative estimate of drug-likeness (QED) is 0.605. The summed E-state index contributed by atoms with van der Waals surface area (Å²) in [6, 6.07) is 4.73. The molecule has 0 fully saturated rings. The molecule has 0 unspecified atom stereocenters. The molecule has 2 rings (SSSR count). The highest BCUT2D eigenvalue weighted by Gasteiger charge is 2.21. The topological polar surface area (TPSA) is 72.8 Å². The first-order valence-corrected chi connectivity index (χ1v) is 4.69. The Balaban J connectivity index is 2.38. The number of nitrogens with one attached hydrogen (secondary N) is 1. The van der Waals surface area contributed by atoms with Crippen LogP contribution in [0.25, 0.3) is 0 Å². The van der Waals surface area contributed by atoms with Crippen molar-refractivity contribution in [1.82, 2.24) is 0 Å². The van der Waals surface area contributed by atoms with Crippen molar-refractivity contribution < 1.29 is 15.0 Å². The summed E-state index contributed by atoms with van der Waals surface area (Å²) in [5.74, 6) is 0.0366. The Morgan fingerprint density at radius 3 is 3.00 bits per heavy atom. The molecule has 0 saturated carbocycles. The Morgan fingerprint density at radius 2 is 2.27 bits per heavy atom. The number of benzene rings is 1. The molecule has 3 N–H and O–H groups in total. The van der Waals surface area contributed by atoms with E-state index >= 15 is 0 Å². The van der Waals surface area contributed by atoms with E-state index in [1.54, 1.807) is 17.0 Å². The largest absolute Gasteiger partial charge is 0.508 e. The molecule has 1 aromatic rings. The summed E-state index contributed by atoms with van der Waals surface area (Å²) >= 11 is 0. The van der Waals surface area contributed by atoms with Crippen LogP contribution in [0.15, 0.2) is 18.2 Å². The molecule has 1 aliphatic heterocycles. The van der Waals surface area contributed by atoms with Crippen molar-refractivity contribution in [3.05, 3.63) is 18.2 Å². The molecule has 0 aliphatic carbocycles. The first-order chi connectivity index (χ1) is 7.20. The maximum atomic E-state index is 11.3. The summed E-state index contributed by atoms with van der Waals surface area (Å²) < 4.78 is 0. The Kier molecular flexibility index (Phi) is 2.47. The lowest BCUT2D eigenvalue weighted by molar-refractivity contribution is -0.115. The number of nitrogens with zero attached hydrogens (tertiary/aromatic N) is 1. The Hall–Kier alpha value is -1.75. The van der Waals surface area contributed by atoms with Gasteiger partial charge in [-0.15, -0.1) is 0 Å². The van der Waals surface area contributed by atoms with E-state index in [1.807, 2.05) is 0 Å². The molecule has 0 atom stereocenters. The van der Waals surface area contributed by atoms with Gasteiger partial charge in [0.25, 0.3) is 0 Å². The fraction of sp³-hybridized carbons (Fsp3) is 0.300. The Labute approximate surface area is 86.9 Å². The molecule has 0 aromatic heterocycles. The van der Waals surface area contributed by atoms with Gasteiger partial charge in [0.15, 0.2) is 0 Å². The monoisotopic (exact) mass is 208 g/mol. The number of aliphatic hydroxyl groups excluding tert-OH is 1. The molecule has 5 heteroatoms. The number of aliphatic hydroxyl groups is 1. The molecule has 0 saturated heterocycles. The summed E-state index contributed by atoms with van der Waals surface area (Å²) in [7, 11) is 0. The number of carbonyl (C=O) groups excluding carboxylic acids is 1. The van der Waals surface area contributed by atoms with Crippen LogP contribution in [-0.2, 0) is 4.79 Å². The normalized spacial score (nSPS) is 14.7. The van der Waals surface area contributed by atoms with Gasteiger partial charge in [-0.3, -0.25) is 4.79 Å². The SMILES string of the molecule is O=C1CN(CCO)c2cc(O)ccc2N1. The average Bonchev–Trinajstić information content (AvgIpc) is 2.19. The van der Waals surface area contributed by atoms with Gasteiger partial charge in [-0.2, -0.15) is 0 Å². The lowest BCUT2D eigenvalue weighted by Gasteiger charge is -2.30. The third kappa shape index (κ3) is 1.87. The van der Waals surface area contributed by atoms with Gasteiger partial charge in [0, 0.05) is 12.6 Å². The maximum Gasteiger partial charge on any atom is 0.243 e. The Bertz CT molecular complexity index is 392. The van der Waals surface area contributed by atoms with E-state index in [9.17, 15) is 9.90 Å². The summed E-state index contributed by atoms with van der Waals surface area (Å²) in [6.45, 7) is 0.559. The van der Waals surface area contributed by atoms with Gasteiger partial charge in [0.2, 0.25) is 5.91 Å². The first kappa shape index (κ1) is 9.79. The summed E-state index contributed by atoms with van der Waals surface area (Å²) in [5, 5.41) is 20.9. The van der Waals surface area contributed by atoms with Gasteiger partial charge in [0.1, 0.15) is 5.75 Å². The summed E-state index contributed by atoms with van der Waals surface area (Å²) in [4.78, 5) is 13.0. The number of hydrogen-bond acceptors (Lipinski definition) is 4. The van der Waals surface area contributed by atoms with E-state index in [-0.39, 0.29) is 24.8 Å². The minimum atomic E-state index is -0.110. The zero-order valence-corrected chi connectivity index (χ0v) is 8.10. The number of phenolic OH excluding ortho intramolecular Hbond substituents is 1. The zero-order valence-electron chi connectivity index (χ0n) is 8.10. The number of amides is 1. The predicted octanol–water partition coefficient (Wildman–Crippen LogP) is 0.143. The van der Waals surface area contributed by atoms with Gasteiger partial charge in [-0.05, 0) is 12.1 Å². The second-order valence-electron chi connectivity index (χ2n) is 3.39. The average molecular weight is 208 g/mol. The van der Waals surface area contributed by atoms with Gasteiger partial charge >= 0.3 is 0 Å². The number of anilines is 2. The fourth-order valence-corrected chi connectivity index (χ4v) is 1.66. The molecular formula is C10H12N2O3. The number of β-amino-alcohol motifs (C(OH)–C–C–N with tert-alkyl or cyclic N) is 1. The van der Waals surface area contributed by atoms with Crippen LogP contribution in [0.4, 0.5) is 11.4 Å². The van der Waals surface area contributed by atoms with Crippen molar-refractivity contribution in [2.45, 2.75) is 0 Å². The van der Waals surface area contributed by atoms with Crippen LogP contribution in [0.5, 0.6) is 5.75 Å². The number of fused-ring (bicyclic) bond motifs is 1. The zero-order chi connectivity index (χ0) is 10.8. The lowest BCUT2D eigenvalue weighted by Crippen LogP contribution is -2.39. The van der Waals surface area contributed by atoms with Gasteiger partial charge < -0.3 is 20.4 Å². The van der Waals surface area contributed by atoms with Crippen molar-refractivity contribution in [1.29, 1.82) is 0 Å². The van der Waals surface area contributed by atoms with E-state index in [0.29, 0.717) is 12.2 Å². The summed E-state index contributed by atoms with van der Waals surface area (Å²) in [6.07, 6.45) is 0. The molecule has 1 amide bonds. The van der Waals surface area contributed by atoms with Crippen molar-refractivity contribution in [3.8, 4) is 5.75 Å². The third-order valence-corrected chi connectivity index (χ3v) is 2.30. The third-order valence-electron chi connectivity index (χ3n) is 2.30. The number of hydrogen-bond donors (Lipinski definition) is 3. The number of aromatic hydroxyl groups is 1. The molecule has 15 heavy (non-hydrogen) atoms. The minimum absolute atomic E-state index is 0.0254. The predicted molar refractivity (Wildman–Crippen MR) is 56.0 cm³/mol. The molecule has 5 nitrogen and oxygen atoms in total. The van der Waals surface area contributed by atoms with Gasteiger partial charge in [-0.25, -0.2) is 0 Å². The van der Waals surface area contributed by atoms with E-state index in [0.717, 1.165) is 5.69 Å². The van der Waals surface area contributed by atoms with Crippen molar-refractivity contribution in [2.75, 3.05) is 29.9 Å². The molecule has 1 aromatic carbocycles. The molecule has 0 bridgehead atoms.